The summed E-state index contributed by atoms with van der Waals surface area (Å²) in [5.41, 5.74) is 1.61. The minimum absolute atomic E-state index is 0.349. The Morgan fingerprint density at radius 3 is 2.68 bits per heavy atom. The fourth-order valence-electron chi connectivity index (χ4n) is 4.02. The van der Waals surface area contributed by atoms with Crippen molar-refractivity contribution in [3.05, 3.63) is 23.8 Å². The first kappa shape index (κ1) is 15.6. The van der Waals surface area contributed by atoms with Crippen LogP contribution in [0.15, 0.2) is 18.2 Å². The third-order valence-corrected chi connectivity index (χ3v) is 5.32. The van der Waals surface area contributed by atoms with Gasteiger partial charge in [0.25, 0.3) is 0 Å². The molecule has 2 fully saturated rings. The molecule has 0 radical (unpaired) electrons. The summed E-state index contributed by atoms with van der Waals surface area (Å²) >= 11 is 0. The topological polar surface area (TPSA) is 33.7 Å². The average molecular weight is 304 g/mol. The minimum atomic E-state index is 0.349. The summed E-state index contributed by atoms with van der Waals surface area (Å²) in [6, 6.07) is 6.18. The van der Waals surface area contributed by atoms with Crippen LogP contribution in [-0.2, 0) is 6.54 Å². The van der Waals surface area contributed by atoms with Gasteiger partial charge in [0.15, 0.2) is 0 Å². The van der Waals surface area contributed by atoms with Crippen LogP contribution in [0.25, 0.3) is 0 Å². The van der Waals surface area contributed by atoms with Gasteiger partial charge in [0, 0.05) is 43.3 Å². The van der Waals surface area contributed by atoms with Gasteiger partial charge in [-0.15, -0.1) is 0 Å². The van der Waals surface area contributed by atoms with Gasteiger partial charge in [-0.05, 0) is 18.9 Å². The van der Waals surface area contributed by atoms with Crippen LogP contribution < -0.4 is 14.8 Å². The number of benzene rings is 1. The fourth-order valence-corrected chi connectivity index (χ4v) is 4.02. The van der Waals surface area contributed by atoms with Crippen molar-refractivity contribution in [1.29, 1.82) is 0 Å². The van der Waals surface area contributed by atoms with Gasteiger partial charge in [-0.25, -0.2) is 0 Å². The maximum absolute atomic E-state index is 5.58. The van der Waals surface area contributed by atoms with Crippen LogP contribution in [0, 0.1) is 0 Å². The quantitative estimate of drug-likeness (QED) is 0.927. The van der Waals surface area contributed by atoms with Crippen LogP contribution in [0.4, 0.5) is 0 Å². The molecule has 0 amide bonds. The molecule has 1 saturated carbocycles. The van der Waals surface area contributed by atoms with Crippen LogP contribution in [-0.4, -0.2) is 44.3 Å². The Labute approximate surface area is 133 Å². The number of rotatable bonds is 4. The van der Waals surface area contributed by atoms with E-state index in [4.69, 9.17) is 9.47 Å². The number of nitrogens with one attached hydrogen (secondary N) is 1. The number of hydrogen-bond acceptors (Lipinski definition) is 4. The molecule has 1 spiro atoms. The van der Waals surface area contributed by atoms with Crippen molar-refractivity contribution in [2.45, 2.75) is 44.2 Å². The van der Waals surface area contributed by atoms with Gasteiger partial charge in [0.1, 0.15) is 11.5 Å². The molecule has 0 unspecified atom stereocenters. The van der Waals surface area contributed by atoms with E-state index in [1.807, 2.05) is 12.1 Å². The van der Waals surface area contributed by atoms with E-state index in [1.165, 1.54) is 37.7 Å². The molecule has 1 saturated heterocycles. The number of ether oxygens (including phenoxy) is 2. The SMILES string of the molecule is COc1ccc(CN2CCNCC23CCCCC3)c(OC)c1. The van der Waals surface area contributed by atoms with Crippen LogP contribution >= 0.6 is 0 Å². The van der Waals surface area contributed by atoms with Gasteiger partial charge in [-0.2, -0.15) is 0 Å². The van der Waals surface area contributed by atoms with Gasteiger partial charge >= 0.3 is 0 Å². The van der Waals surface area contributed by atoms with Crippen molar-refractivity contribution >= 4 is 0 Å². The second-order valence-electron chi connectivity index (χ2n) is 6.56. The highest BCUT2D eigenvalue weighted by atomic mass is 16.5. The van der Waals surface area contributed by atoms with Crippen LogP contribution in [0.3, 0.4) is 0 Å². The molecule has 1 aromatic rings. The van der Waals surface area contributed by atoms with E-state index in [1.54, 1.807) is 14.2 Å². The Bertz CT molecular complexity index is 490. The lowest BCUT2D eigenvalue weighted by atomic mass is 9.79. The largest absolute Gasteiger partial charge is 0.497 e. The first-order valence-electron chi connectivity index (χ1n) is 8.44. The van der Waals surface area contributed by atoms with Crippen LogP contribution in [0.5, 0.6) is 11.5 Å². The monoisotopic (exact) mass is 304 g/mol. The summed E-state index contributed by atoms with van der Waals surface area (Å²) in [5, 5.41) is 3.61. The predicted octanol–water partition coefficient (Wildman–Crippen LogP) is 2.81. The Hall–Kier alpha value is -1.26. The zero-order valence-electron chi connectivity index (χ0n) is 13.9. The van der Waals surface area contributed by atoms with Crippen LogP contribution in [0.2, 0.25) is 0 Å². The second-order valence-corrected chi connectivity index (χ2v) is 6.56. The number of hydrogen-bond donors (Lipinski definition) is 1. The molecule has 22 heavy (non-hydrogen) atoms. The van der Waals surface area contributed by atoms with Gasteiger partial charge < -0.3 is 14.8 Å². The minimum Gasteiger partial charge on any atom is -0.497 e. The molecular weight excluding hydrogens is 276 g/mol. The second kappa shape index (κ2) is 6.88. The zero-order chi connectivity index (χ0) is 15.4. The summed E-state index contributed by atoms with van der Waals surface area (Å²) in [7, 11) is 3.44. The molecule has 0 aromatic heterocycles. The normalized spacial score (nSPS) is 21.7. The Morgan fingerprint density at radius 2 is 1.95 bits per heavy atom. The van der Waals surface area contributed by atoms with Gasteiger partial charge in [0.2, 0.25) is 0 Å². The molecule has 1 heterocycles. The molecule has 122 valence electrons. The third kappa shape index (κ3) is 3.08. The van der Waals surface area contributed by atoms with E-state index in [2.05, 4.69) is 16.3 Å². The lowest BCUT2D eigenvalue weighted by Gasteiger charge is -2.50. The van der Waals surface area contributed by atoms with E-state index >= 15 is 0 Å². The summed E-state index contributed by atoms with van der Waals surface area (Å²) < 4.78 is 10.9. The maximum Gasteiger partial charge on any atom is 0.127 e. The highest BCUT2D eigenvalue weighted by molar-refractivity contribution is 5.40. The van der Waals surface area contributed by atoms with Crippen molar-refractivity contribution in [2.75, 3.05) is 33.9 Å². The van der Waals surface area contributed by atoms with Crippen molar-refractivity contribution in [1.82, 2.24) is 10.2 Å². The first-order chi connectivity index (χ1) is 10.8. The molecule has 2 aliphatic rings. The zero-order valence-corrected chi connectivity index (χ0v) is 13.9. The smallest absolute Gasteiger partial charge is 0.127 e. The lowest BCUT2D eigenvalue weighted by Crippen LogP contribution is -2.61. The molecule has 1 N–H and O–H groups in total. The molecule has 1 aliphatic carbocycles. The van der Waals surface area contributed by atoms with E-state index in [0.29, 0.717) is 5.54 Å². The molecule has 3 rings (SSSR count). The van der Waals surface area contributed by atoms with Crippen molar-refractivity contribution < 1.29 is 9.47 Å². The summed E-state index contributed by atoms with van der Waals surface area (Å²) in [4.78, 5) is 2.69. The van der Waals surface area contributed by atoms with Crippen molar-refractivity contribution in [3.8, 4) is 11.5 Å². The molecule has 0 atom stereocenters. The van der Waals surface area contributed by atoms with Gasteiger partial charge in [0.05, 0.1) is 14.2 Å². The summed E-state index contributed by atoms with van der Waals surface area (Å²) in [6.07, 6.45) is 6.74. The summed E-state index contributed by atoms with van der Waals surface area (Å²) in [5.74, 6) is 1.79. The number of piperazine rings is 1. The third-order valence-electron chi connectivity index (χ3n) is 5.32. The predicted molar refractivity (Wildman–Crippen MR) is 88.6 cm³/mol. The molecule has 1 aliphatic heterocycles. The van der Waals surface area contributed by atoms with E-state index in [-0.39, 0.29) is 0 Å². The fraction of sp³-hybridized carbons (Fsp3) is 0.667. The average Bonchev–Trinajstić information content (AvgIpc) is 2.58. The van der Waals surface area contributed by atoms with E-state index in [9.17, 15) is 0 Å². The molecular formula is C18H28N2O2. The van der Waals surface area contributed by atoms with Crippen LogP contribution in [0.1, 0.15) is 37.7 Å². The number of methoxy groups -OCH3 is 2. The highest BCUT2D eigenvalue weighted by Crippen LogP contribution is 2.37. The first-order valence-corrected chi connectivity index (χ1v) is 8.44. The Kier molecular flexibility index (Phi) is 4.89. The Morgan fingerprint density at radius 1 is 1.14 bits per heavy atom. The van der Waals surface area contributed by atoms with Gasteiger partial charge in [-0.1, -0.05) is 25.3 Å². The molecule has 1 aromatic carbocycles. The highest BCUT2D eigenvalue weighted by Gasteiger charge is 2.39. The van der Waals surface area contributed by atoms with Gasteiger partial charge in [-0.3, -0.25) is 4.90 Å². The summed E-state index contributed by atoms with van der Waals surface area (Å²) in [6.45, 7) is 4.30. The lowest BCUT2D eigenvalue weighted by molar-refractivity contribution is 0.0204. The molecule has 4 heteroatoms. The van der Waals surface area contributed by atoms with E-state index in [0.717, 1.165) is 37.7 Å². The Balaban J connectivity index is 1.81. The van der Waals surface area contributed by atoms with E-state index < -0.39 is 0 Å². The van der Waals surface area contributed by atoms with Crippen molar-refractivity contribution in [3.63, 3.8) is 0 Å². The standard InChI is InChI=1S/C18H28N2O2/c1-21-16-7-6-15(17(12-16)22-2)13-20-11-10-19-14-18(20)8-4-3-5-9-18/h6-7,12,19H,3-5,8-11,13-14H2,1-2H3. The van der Waals surface area contributed by atoms with Crippen molar-refractivity contribution in [2.24, 2.45) is 0 Å². The maximum atomic E-state index is 5.58. The number of nitrogens with zero attached hydrogens (tertiary/aromatic N) is 1. The molecule has 4 nitrogen and oxygen atoms in total. The molecule has 0 bridgehead atoms.